The highest BCUT2D eigenvalue weighted by atomic mass is 35.5. The summed E-state index contributed by atoms with van der Waals surface area (Å²) in [6, 6.07) is 15.5. The number of amides is 2. The van der Waals surface area contributed by atoms with E-state index in [4.69, 9.17) is 21.2 Å². The molecule has 0 aliphatic carbocycles. The molecule has 0 radical (unpaired) electrons. The van der Waals surface area contributed by atoms with E-state index in [9.17, 15) is 14.4 Å². The second-order valence-corrected chi connectivity index (χ2v) is 6.21. The minimum absolute atomic E-state index is 0.100. The smallest absolute Gasteiger partial charge is 0.364 e. The van der Waals surface area contributed by atoms with Crippen LogP contribution in [-0.4, -0.2) is 27.8 Å². The molecular formula is C20H11ClN2O5. The van der Waals surface area contributed by atoms with Gasteiger partial charge in [-0.25, -0.2) is 9.78 Å². The average molecular weight is 395 g/mol. The molecule has 28 heavy (non-hydrogen) atoms. The summed E-state index contributed by atoms with van der Waals surface area (Å²) in [6.07, 6.45) is 1.43. The Balaban J connectivity index is 1.51. The summed E-state index contributed by atoms with van der Waals surface area (Å²) in [6.45, 7) is 0. The third kappa shape index (κ3) is 3.30. The number of rotatable bonds is 4. The van der Waals surface area contributed by atoms with Gasteiger partial charge >= 0.3 is 5.97 Å². The summed E-state index contributed by atoms with van der Waals surface area (Å²) in [7, 11) is 0. The number of hydrogen-bond acceptors (Lipinski definition) is 6. The molecule has 1 aliphatic rings. The maximum atomic E-state index is 12.4. The van der Waals surface area contributed by atoms with E-state index in [1.807, 2.05) is 0 Å². The second kappa shape index (κ2) is 7.13. The van der Waals surface area contributed by atoms with Crippen LogP contribution in [0.25, 0.3) is 0 Å². The predicted octanol–water partition coefficient (Wildman–Crippen LogP) is 3.90. The lowest BCUT2D eigenvalue weighted by molar-refractivity contribution is -0.0584. The summed E-state index contributed by atoms with van der Waals surface area (Å²) in [5, 5.41) is 0.923. The number of fused-ring (bicyclic) bond motifs is 1. The minimum Gasteiger partial charge on any atom is -0.439 e. The van der Waals surface area contributed by atoms with Crippen molar-refractivity contribution in [2.75, 3.05) is 0 Å². The highest BCUT2D eigenvalue weighted by Crippen LogP contribution is 2.25. The van der Waals surface area contributed by atoms with Gasteiger partial charge in [0.05, 0.1) is 21.7 Å². The molecule has 0 fully saturated rings. The molecule has 0 bridgehead atoms. The number of imide groups is 1. The molecule has 0 saturated carbocycles. The second-order valence-electron chi connectivity index (χ2n) is 5.77. The molecule has 0 N–H and O–H groups in total. The van der Waals surface area contributed by atoms with Crippen molar-refractivity contribution in [3.8, 4) is 11.6 Å². The van der Waals surface area contributed by atoms with E-state index in [1.54, 1.807) is 36.4 Å². The Hall–Kier alpha value is -3.71. The Morgan fingerprint density at radius 3 is 2.29 bits per heavy atom. The van der Waals surface area contributed by atoms with Crippen LogP contribution in [0.4, 0.5) is 0 Å². The SMILES string of the molecule is O=C(ON1C(=O)c2ccccc2C1=O)c1cccc(Oc2ccc(Cl)cn2)c1. The number of benzene rings is 2. The van der Waals surface area contributed by atoms with E-state index in [0.717, 1.165) is 0 Å². The first kappa shape index (κ1) is 17.7. The number of carbonyl (C=O) groups excluding carboxylic acids is 3. The molecule has 0 atom stereocenters. The molecule has 3 aromatic rings. The zero-order valence-corrected chi connectivity index (χ0v) is 14.9. The lowest BCUT2D eigenvalue weighted by Gasteiger charge is -2.13. The molecule has 1 aliphatic heterocycles. The van der Waals surface area contributed by atoms with E-state index in [0.29, 0.717) is 15.8 Å². The van der Waals surface area contributed by atoms with Gasteiger partial charge in [-0.1, -0.05) is 34.9 Å². The summed E-state index contributed by atoms with van der Waals surface area (Å²) in [5.74, 6) is -1.63. The van der Waals surface area contributed by atoms with Crippen molar-refractivity contribution in [3.05, 3.63) is 88.6 Å². The van der Waals surface area contributed by atoms with Gasteiger partial charge in [0.15, 0.2) is 0 Å². The predicted molar refractivity (Wildman–Crippen MR) is 98.1 cm³/mol. The fourth-order valence-electron chi connectivity index (χ4n) is 2.62. The van der Waals surface area contributed by atoms with Gasteiger partial charge in [0, 0.05) is 12.3 Å². The number of hydrogen-bond donors (Lipinski definition) is 0. The van der Waals surface area contributed by atoms with Crippen LogP contribution in [0.1, 0.15) is 31.1 Å². The summed E-state index contributed by atoms with van der Waals surface area (Å²) in [4.78, 5) is 46.1. The monoisotopic (exact) mass is 394 g/mol. The first-order valence-corrected chi connectivity index (χ1v) is 8.50. The number of halogens is 1. The van der Waals surface area contributed by atoms with E-state index in [-0.39, 0.29) is 22.6 Å². The highest BCUT2D eigenvalue weighted by Gasteiger charge is 2.38. The van der Waals surface area contributed by atoms with Crippen LogP contribution in [0, 0.1) is 0 Å². The topological polar surface area (TPSA) is 85.8 Å². The lowest BCUT2D eigenvalue weighted by atomic mass is 10.1. The Labute approximate surface area is 164 Å². The van der Waals surface area contributed by atoms with Crippen molar-refractivity contribution in [2.45, 2.75) is 0 Å². The number of hydroxylamine groups is 2. The lowest BCUT2D eigenvalue weighted by Crippen LogP contribution is -2.32. The molecule has 2 aromatic carbocycles. The molecule has 0 spiro atoms. The molecule has 2 heterocycles. The summed E-state index contributed by atoms with van der Waals surface area (Å²) < 4.78 is 5.56. The van der Waals surface area contributed by atoms with Gasteiger partial charge in [0.2, 0.25) is 5.88 Å². The third-order valence-corrected chi connectivity index (χ3v) is 4.15. The number of ether oxygens (including phenoxy) is 1. The van der Waals surface area contributed by atoms with Crippen molar-refractivity contribution in [3.63, 3.8) is 0 Å². The van der Waals surface area contributed by atoms with Crippen molar-refractivity contribution < 1.29 is 24.0 Å². The molecule has 138 valence electrons. The van der Waals surface area contributed by atoms with E-state index >= 15 is 0 Å². The fourth-order valence-corrected chi connectivity index (χ4v) is 2.73. The van der Waals surface area contributed by atoms with Gasteiger partial charge in [-0.15, -0.1) is 0 Å². The molecule has 8 heteroatoms. The van der Waals surface area contributed by atoms with Crippen LogP contribution in [0.5, 0.6) is 11.6 Å². The van der Waals surface area contributed by atoms with Crippen molar-refractivity contribution in [2.24, 2.45) is 0 Å². The molecule has 1 aromatic heterocycles. The maximum absolute atomic E-state index is 12.4. The van der Waals surface area contributed by atoms with Crippen LogP contribution >= 0.6 is 11.6 Å². The van der Waals surface area contributed by atoms with Crippen molar-refractivity contribution >= 4 is 29.4 Å². The molecular weight excluding hydrogens is 384 g/mol. The Morgan fingerprint density at radius 1 is 0.929 bits per heavy atom. The number of aromatic nitrogens is 1. The maximum Gasteiger partial charge on any atom is 0.364 e. The Morgan fingerprint density at radius 2 is 1.64 bits per heavy atom. The van der Waals surface area contributed by atoms with Crippen LogP contribution in [0.3, 0.4) is 0 Å². The van der Waals surface area contributed by atoms with E-state index in [1.165, 1.54) is 30.5 Å². The molecule has 2 amide bonds. The third-order valence-electron chi connectivity index (χ3n) is 3.92. The molecule has 4 rings (SSSR count). The van der Waals surface area contributed by atoms with Gasteiger partial charge in [-0.3, -0.25) is 9.59 Å². The average Bonchev–Trinajstić information content (AvgIpc) is 2.95. The van der Waals surface area contributed by atoms with Crippen LogP contribution in [0.15, 0.2) is 66.9 Å². The standard InChI is InChI=1S/C20H11ClN2O5/c21-13-8-9-17(22-11-13)27-14-5-3-4-12(10-14)20(26)28-23-18(24)15-6-1-2-7-16(15)19(23)25/h1-11H. The van der Waals surface area contributed by atoms with Gasteiger partial charge in [0.25, 0.3) is 11.8 Å². The van der Waals surface area contributed by atoms with Crippen LogP contribution < -0.4 is 4.74 Å². The van der Waals surface area contributed by atoms with Crippen LogP contribution in [-0.2, 0) is 4.84 Å². The van der Waals surface area contributed by atoms with Crippen molar-refractivity contribution in [1.82, 2.24) is 10.0 Å². The van der Waals surface area contributed by atoms with Gasteiger partial charge in [-0.05, 0) is 36.4 Å². The summed E-state index contributed by atoms with van der Waals surface area (Å²) in [5.41, 5.74) is 0.473. The Kier molecular flexibility index (Phi) is 4.50. The molecule has 7 nitrogen and oxygen atoms in total. The quantitative estimate of drug-likeness (QED) is 0.624. The minimum atomic E-state index is -0.871. The first-order valence-electron chi connectivity index (χ1n) is 8.12. The normalized spacial score (nSPS) is 12.7. The van der Waals surface area contributed by atoms with E-state index in [2.05, 4.69) is 4.98 Å². The van der Waals surface area contributed by atoms with Gasteiger partial charge in [0.1, 0.15) is 5.75 Å². The van der Waals surface area contributed by atoms with E-state index < -0.39 is 17.8 Å². The fraction of sp³-hybridized carbons (Fsp3) is 0. The van der Waals surface area contributed by atoms with Crippen molar-refractivity contribution in [1.29, 1.82) is 0 Å². The van der Waals surface area contributed by atoms with Gasteiger partial charge < -0.3 is 9.57 Å². The largest absolute Gasteiger partial charge is 0.439 e. The summed E-state index contributed by atoms with van der Waals surface area (Å²) >= 11 is 5.78. The van der Waals surface area contributed by atoms with Crippen LogP contribution in [0.2, 0.25) is 5.02 Å². The molecule has 0 unspecified atom stereocenters. The zero-order chi connectivity index (χ0) is 19.7. The highest BCUT2D eigenvalue weighted by molar-refractivity contribution is 6.30. The number of nitrogens with zero attached hydrogens (tertiary/aromatic N) is 2. The number of carbonyl (C=O) groups is 3. The zero-order valence-electron chi connectivity index (χ0n) is 14.2. The van der Waals surface area contributed by atoms with Gasteiger partial charge in [-0.2, -0.15) is 0 Å². The molecule has 0 saturated heterocycles. The Bertz CT molecular complexity index is 1060. The number of pyridine rings is 1. The first-order chi connectivity index (χ1) is 13.5.